The monoisotopic (exact) mass is 451 g/mol. The third-order valence-electron chi connectivity index (χ3n) is 6.13. The molecule has 1 aliphatic rings. The number of carboxylic acid groups (broad SMARTS) is 1. The molecule has 1 atom stereocenters. The maximum absolute atomic E-state index is 12.2. The van der Waals surface area contributed by atoms with Gasteiger partial charge in [0.05, 0.1) is 0 Å². The molecule has 0 radical (unpaired) electrons. The average Bonchev–Trinajstić information content (AvgIpc) is 2.83. The standard InChI is InChI=1S/C26H33N3O4/c30-24(12-11-23(26(32)33)28-25(31)22-9-5-2-6-10-22)27-16-13-20-14-17-29(18-15-20)19-21-7-3-1-4-8-21/h1-10,20,23H,11-19H2,(H,27,30)(H,28,31)(H,32,33)/t23-/m0/s1. The Morgan fingerprint density at radius 3 is 2.24 bits per heavy atom. The number of piperidine rings is 1. The Balaban J connectivity index is 1.31. The van der Waals surface area contributed by atoms with Crippen LogP contribution in [0.3, 0.4) is 0 Å². The predicted octanol–water partition coefficient (Wildman–Crippen LogP) is 3.07. The fourth-order valence-corrected chi connectivity index (χ4v) is 4.14. The molecule has 0 spiro atoms. The van der Waals surface area contributed by atoms with Crippen LogP contribution in [0, 0.1) is 5.92 Å². The van der Waals surface area contributed by atoms with Crippen molar-refractivity contribution in [2.75, 3.05) is 19.6 Å². The van der Waals surface area contributed by atoms with E-state index in [9.17, 15) is 19.5 Å². The fraction of sp³-hybridized carbons (Fsp3) is 0.423. The molecule has 0 bridgehead atoms. The third kappa shape index (κ3) is 8.35. The number of rotatable bonds is 11. The van der Waals surface area contributed by atoms with Crippen molar-refractivity contribution < 1.29 is 19.5 Å². The predicted molar refractivity (Wildman–Crippen MR) is 127 cm³/mol. The van der Waals surface area contributed by atoms with Crippen molar-refractivity contribution in [1.29, 1.82) is 0 Å². The first-order valence-corrected chi connectivity index (χ1v) is 11.6. The highest BCUT2D eigenvalue weighted by Crippen LogP contribution is 2.21. The quantitative estimate of drug-likeness (QED) is 0.488. The smallest absolute Gasteiger partial charge is 0.326 e. The number of benzene rings is 2. The van der Waals surface area contributed by atoms with Gasteiger partial charge in [0.2, 0.25) is 5.91 Å². The van der Waals surface area contributed by atoms with Crippen LogP contribution >= 0.6 is 0 Å². The summed E-state index contributed by atoms with van der Waals surface area (Å²) in [6.07, 6.45) is 3.28. The van der Waals surface area contributed by atoms with Gasteiger partial charge in [-0.25, -0.2) is 4.79 Å². The molecule has 7 heteroatoms. The Morgan fingerprint density at radius 2 is 1.61 bits per heavy atom. The SMILES string of the molecule is O=C(CC[C@H](NC(=O)c1ccccc1)C(=O)O)NCCC1CCN(Cc2ccccc2)CC1. The Labute approximate surface area is 195 Å². The Kier molecular flexibility index (Phi) is 9.44. The van der Waals surface area contributed by atoms with E-state index < -0.39 is 17.9 Å². The summed E-state index contributed by atoms with van der Waals surface area (Å²) in [5.41, 5.74) is 1.73. The number of carboxylic acids is 1. The van der Waals surface area contributed by atoms with Gasteiger partial charge in [0.25, 0.3) is 5.91 Å². The molecule has 176 valence electrons. The number of likely N-dealkylation sites (tertiary alicyclic amines) is 1. The van der Waals surface area contributed by atoms with Crippen LogP contribution in [0.2, 0.25) is 0 Å². The lowest BCUT2D eigenvalue weighted by Crippen LogP contribution is -2.41. The van der Waals surface area contributed by atoms with Crippen molar-refractivity contribution in [1.82, 2.24) is 15.5 Å². The maximum Gasteiger partial charge on any atom is 0.326 e. The van der Waals surface area contributed by atoms with E-state index >= 15 is 0 Å². The second-order valence-corrected chi connectivity index (χ2v) is 8.61. The van der Waals surface area contributed by atoms with Gasteiger partial charge in [0.15, 0.2) is 0 Å². The lowest BCUT2D eigenvalue weighted by molar-refractivity contribution is -0.139. The minimum atomic E-state index is -1.14. The maximum atomic E-state index is 12.2. The van der Waals surface area contributed by atoms with E-state index in [0.717, 1.165) is 38.9 Å². The molecule has 3 rings (SSSR count). The van der Waals surface area contributed by atoms with Crippen LogP contribution < -0.4 is 10.6 Å². The van der Waals surface area contributed by atoms with Gasteiger partial charge in [-0.15, -0.1) is 0 Å². The van der Waals surface area contributed by atoms with Crippen LogP contribution in [0.25, 0.3) is 0 Å². The third-order valence-corrected chi connectivity index (χ3v) is 6.13. The zero-order valence-corrected chi connectivity index (χ0v) is 18.9. The molecule has 33 heavy (non-hydrogen) atoms. The summed E-state index contributed by atoms with van der Waals surface area (Å²) < 4.78 is 0. The Bertz CT molecular complexity index is 896. The number of amides is 2. The van der Waals surface area contributed by atoms with Crippen LogP contribution in [0.15, 0.2) is 60.7 Å². The van der Waals surface area contributed by atoms with Crippen LogP contribution in [0.4, 0.5) is 0 Å². The van der Waals surface area contributed by atoms with Crippen molar-refractivity contribution in [3.05, 3.63) is 71.8 Å². The van der Waals surface area contributed by atoms with Crippen molar-refractivity contribution in [3.63, 3.8) is 0 Å². The number of aliphatic carboxylic acids is 1. The molecule has 7 nitrogen and oxygen atoms in total. The first kappa shape index (κ1) is 24.5. The highest BCUT2D eigenvalue weighted by molar-refractivity contribution is 5.96. The number of hydrogen-bond acceptors (Lipinski definition) is 4. The van der Waals surface area contributed by atoms with Crippen molar-refractivity contribution in [2.45, 2.75) is 44.7 Å². The average molecular weight is 452 g/mol. The molecule has 0 saturated carbocycles. The highest BCUT2D eigenvalue weighted by atomic mass is 16.4. The second-order valence-electron chi connectivity index (χ2n) is 8.61. The molecule has 1 aliphatic heterocycles. The molecule has 2 aromatic rings. The molecule has 1 saturated heterocycles. The summed E-state index contributed by atoms with van der Waals surface area (Å²) in [6, 6.07) is 17.8. The molecule has 1 heterocycles. The first-order chi connectivity index (χ1) is 16.0. The van der Waals surface area contributed by atoms with Gasteiger partial charge in [-0.1, -0.05) is 48.5 Å². The van der Waals surface area contributed by atoms with E-state index in [2.05, 4.69) is 39.8 Å². The molecule has 0 unspecified atom stereocenters. The fourth-order valence-electron chi connectivity index (χ4n) is 4.14. The van der Waals surface area contributed by atoms with E-state index in [0.29, 0.717) is 18.0 Å². The van der Waals surface area contributed by atoms with Gasteiger partial charge in [0, 0.05) is 25.1 Å². The molecule has 0 aromatic heterocycles. The number of carbonyl (C=O) groups is 3. The molecule has 1 fully saturated rings. The van der Waals surface area contributed by atoms with E-state index in [-0.39, 0.29) is 18.7 Å². The summed E-state index contributed by atoms with van der Waals surface area (Å²) in [5.74, 6) is -1.19. The largest absolute Gasteiger partial charge is 0.480 e. The summed E-state index contributed by atoms with van der Waals surface area (Å²) in [6.45, 7) is 3.70. The molecular formula is C26H33N3O4. The minimum Gasteiger partial charge on any atom is -0.480 e. The lowest BCUT2D eigenvalue weighted by Gasteiger charge is -2.32. The van der Waals surface area contributed by atoms with Gasteiger partial charge in [0.1, 0.15) is 6.04 Å². The Hall–Kier alpha value is -3.19. The van der Waals surface area contributed by atoms with Crippen LogP contribution in [-0.4, -0.2) is 53.5 Å². The molecule has 2 amide bonds. The van der Waals surface area contributed by atoms with E-state index in [1.54, 1.807) is 30.3 Å². The second kappa shape index (κ2) is 12.7. The number of hydrogen-bond donors (Lipinski definition) is 3. The first-order valence-electron chi connectivity index (χ1n) is 11.6. The van der Waals surface area contributed by atoms with E-state index in [4.69, 9.17) is 0 Å². The summed E-state index contributed by atoms with van der Waals surface area (Å²) in [7, 11) is 0. The lowest BCUT2D eigenvalue weighted by atomic mass is 9.93. The normalized spacial score (nSPS) is 15.5. The van der Waals surface area contributed by atoms with Gasteiger partial charge in [-0.05, 0) is 62.4 Å². The van der Waals surface area contributed by atoms with E-state index in [1.165, 1.54) is 5.56 Å². The van der Waals surface area contributed by atoms with Crippen molar-refractivity contribution in [3.8, 4) is 0 Å². The van der Waals surface area contributed by atoms with E-state index in [1.807, 2.05) is 6.07 Å². The van der Waals surface area contributed by atoms with Crippen LogP contribution in [0.1, 0.15) is 48.0 Å². The van der Waals surface area contributed by atoms with Gasteiger partial charge >= 0.3 is 5.97 Å². The number of nitrogens with one attached hydrogen (secondary N) is 2. The van der Waals surface area contributed by atoms with Crippen LogP contribution in [0.5, 0.6) is 0 Å². The van der Waals surface area contributed by atoms with Crippen LogP contribution in [-0.2, 0) is 16.1 Å². The molecule has 2 aromatic carbocycles. The molecular weight excluding hydrogens is 418 g/mol. The number of nitrogens with zero attached hydrogens (tertiary/aromatic N) is 1. The van der Waals surface area contributed by atoms with Gasteiger partial charge in [-0.3, -0.25) is 14.5 Å². The van der Waals surface area contributed by atoms with Gasteiger partial charge in [-0.2, -0.15) is 0 Å². The zero-order valence-electron chi connectivity index (χ0n) is 18.9. The number of carbonyl (C=O) groups excluding carboxylic acids is 2. The highest BCUT2D eigenvalue weighted by Gasteiger charge is 2.22. The summed E-state index contributed by atoms with van der Waals surface area (Å²) >= 11 is 0. The molecule has 3 N–H and O–H groups in total. The Morgan fingerprint density at radius 1 is 0.970 bits per heavy atom. The van der Waals surface area contributed by atoms with Gasteiger partial charge < -0.3 is 15.7 Å². The van der Waals surface area contributed by atoms with Crippen molar-refractivity contribution in [2.24, 2.45) is 5.92 Å². The summed E-state index contributed by atoms with van der Waals surface area (Å²) in [5, 5.41) is 14.8. The topological polar surface area (TPSA) is 98.7 Å². The minimum absolute atomic E-state index is 0.0532. The molecule has 0 aliphatic carbocycles. The summed E-state index contributed by atoms with van der Waals surface area (Å²) in [4.78, 5) is 38.4. The zero-order chi connectivity index (χ0) is 23.5. The van der Waals surface area contributed by atoms with Crippen molar-refractivity contribution >= 4 is 17.8 Å².